The Morgan fingerprint density at radius 1 is 1.00 bits per heavy atom. The van der Waals surface area contributed by atoms with E-state index < -0.39 is 24.1 Å². The van der Waals surface area contributed by atoms with Gasteiger partial charge in [-0.1, -0.05) is 18.2 Å². The van der Waals surface area contributed by atoms with E-state index in [1.807, 2.05) is 29.2 Å². The van der Waals surface area contributed by atoms with Crippen molar-refractivity contribution in [2.45, 2.75) is 63.1 Å². The first-order chi connectivity index (χ1) is 23.6. The Labute approximate surface area is 301 Å². The monoisotopic (exact) mass is 800 g/mol. The Morgan fingerprint density at radius 2 is 1.69 bits per heavy atom. The van der Waals surface area contributed by atoms with Crippen LogP contribution in [0.3, 0.4) is 0 Å². The van der Waals surface area contributed by atoms with Crippen LogP contribution in [0.4, 0.5) is 15.3 Å². The third-order valence-electron chi connectivity index (χ3n) is 8.98. The van der Waals surface area contributed by atoms with Crippen molar-refractivity contribution in [2.24, 2.45) is 9.98 Å². The van der Waals surface area contributed by atoms with Crippen LogP contribution in [-0.4, -0.2) is 118 Å². The molecule has 3 heterocycles. The number of nitrogens with zero attached hydrogens (tertiary/aromatic N) is 5. The number of phenolic OH excluding ortho intramolecular Hbond substituents is 1. The summed E-state index contributed by atoms with van der Waals surface area (Å²) in [4.78, 5) is 64.1. The molecule has 2 saturated heterocycles. The molecule has 5 rings (SSSR count). The molecule has 2 fully saturated rings. The predicted octanol–water partition coefficient (Wildman–Crippen LogP) is 4.88. The van der Waals surface area contributed by atoms with E-state index in [2.05, 4.69) is 63.8 Å². The largest absolute Gasteiger partial charge is 0.506 e. The first kappa shape index (κ1) is 36.3. The number of hydrogen-bond acceptors (Lipinski definition) is 8. The van der Waals surface area contributed by atoms with Crippen molar-refractivity contribution < 1.29 is 34.1 Å². The average Bonchev–Trinajstić information content (AvgIpc) is 3.26. The van der Waals surface area contributed by atoms with Crippen molar-refractivity contribution >= 4 is 73.3 Å². The van der Waals surface area contributed by atoms with Crippen LogP contribution < -0.4 is 5.32 Å². The number of carboxylic acids is 1. The highest BCUT2D eigenvalue weighted by Crippen LogP contribution is 2.34. The number of halogens is 2. The zero-order chi connectivity index (χ0) is 34.9. The number of piperidine rings is 2. The first-order valence-corrected chi connectivity index (χ1v) is 17.8. The number of aliphatic carboxylic acids is 1. The molecule has 0 radical (unpaired) electrons. The maximum Gasteiger partial charge on any atom is 0.410 e. The van der Waals surface area contributed by atoms with Gasteiger partial charge < -0.3 is 35.0 Å². The van der Waals surface area contributed by atoms with E-state index in [0.29, 0.717) is 66.6 Å². The highest BCUT2D eigenvalue weighted by molar-refractivity contribution is 9.11. The van der Waals surface area contributed by atoms with E-state index in [4.69, 9.17) is 9.84 Å². The second-order valence-electron chi connectivity index (χ2n) is 12.3. The van der Waals surface area contributed by atoms with Crippen LogP contribution in [0.5, 0.6) is 5.75 Å². The molecule has 0 saturated carbocycles. The summed E-state index contributed by atoms with van der Waals surface area (Å²) < 4.78 is 6.55. The lowest BCUT2D eigenvalue weighted by atomic mass is 10.0. The number of carbonyl (C=O) groups is 4. The maximum atomic E-state index is 13.4. The van der Waals surface area contributed by atoms with Crippen LogP contribution >= 0.6 is 31.9 Å². The van der Waals surface area contributed by atoms with E-state index in [0.717, 1.165) is 30.5 Å². The number of para-hydroxylation sites is 1. The molecule has 4 amide bonds. The first-order valence-electron chi connectivity index (χ1n) is 16.2. The molecular weight excluding hydrogens is 764 g/mol. The molecule has 260 valence electrons. The summed E-state index contributed by atoms with van der Waals surface area (Å²) >= 11 is 6.60. The Morgan fingerprint density at radius 3 is 2.39 bits per heavy atom. The van der Waals surface area contributed by atoms with Crippen LogP contribution in [-0.2, 0) is 27.2 Å². The van der Waals surface area contributed by atoms with E-state index in [9.17, 15) is 24.3 Å². The SMILES string of the molecule is O=C(O)CCN1CCC(N=C=C=NC(=O)[C@@H](Cc2cc(Br)c(O)c(Br)c2)OC(=O)N2CCC(N3CCc4ccccc4NC3=O)CC2)CC1. The minimum atomic E-state index is -1.28. The number of aliphatic imine (C=N–C) groups is 2. The number of carboxylic acid groups (broad SMARTS) is 1. The standard InChI is InChI=1S/C34H38Br2N6O7/c35-26-19-22(20-27(36)31(26)45)21-29(32(46)38-12-11-37-24-6-13-40(14-7-24)15-10-30(43)44)49-34(48)41-16-8-25(9-17-41)42-18-5-23-3-1-2-4-28(23)39-33(42)47/h1-4,19-20,24-25,29,45H,5-10,13-18,21H2,(H,39,47)(H,43,44)/t29-/m1/s1. The van der Waals surface area contributed by atoms with Crippen molar-refractivity contribution in [1.29, 1.82) is 0 Å². The average molecular weight is 803 g/mol. The van der Waals surface area contributed by atoms with Gasteiger partial charge in [0, 0.05) is 57.4 Å². The van der Waals surface area contributed by atoms with E-state index in [-0.39, 0.29) is 36.7 Å². The fourth-order valence-corrected chi connectivity index (χ4v) is 7.50. The predicted molar refractivity (Wildman–Crippen MR) is 190 cm³/mol. The highest BCUT2D eigenvalue weighted by Gasteiger charge is 2.33. The van der Waals surface area contributed by atoms with Crippen molar-refractivity contribution in [1.82, 2.24) is 14.7 Å². The molecule has 0 spiro atoms. The van der Waals surface area contributed by atoms with Crippen LogP contribution in [0.25, 0.3) is 0 Å². The molecule has 49 heavy (non-hydrogen) atoms. The van der Waals surface area contributed by atoms with Gasteiger partial charge in [-0.3, -0.25) is 9.59 Å². The zero-order valence-electron chi connectivity index (χ0n) is 26.8. The number of hydrogen-bond donors (Lipinski definition) is 3. The molecule has 13 nitrogen and oxygen atoms in total. The van der Waals surface area contributed by atoms with E-state index >= 15 is 0 Å². The van der Waals surface area contributed by atoms with Gasteiger partial charge in [0.1, 0.15) is 5.75 Å². The van der Waals surface area contributed by atoms with Crippen molar-refractivity contribution in [3.05, 3.63) is 56.5 Å². The van der Waals surface area contributed by atoms with Crippen LogP contribution in [0.15, 0.2) is 55.3 Å². The number of rotatable bonds is 9. The quantitative estimate of drug-likeness (QED) is 0.302. The lowest BCUT2D eigenvalue weighted by Gasteiger charge is -2.37. The molecule has 0 unspecified atom stereocenters. The molecule has 2 aromatic carbocycles. The Hall–Kier alpha value is -4.00. The molecule has 3 aliphatic rings. The molecule has 0 aromatic heterocycles. The van der Waals surface area contributed by atoms with Gasteiger partial charge in [0.05, 0.1) is 33.1 Å². The van der Waals surface area contributed by atoms with Gasteiger partial charge >= 0.3 is 18.1 Å². The van der Waals surface area contributed by atoms with Crippen LogP contribution in [0.1, 0.15) is 43.2 Å². The summed E-state index contributed by atoms with van der Waals surface area (Å²) in [6.45, 7) is 3.20. The Bertz CT molecular complexity index is 1640. The number of phenols is 1. The summed E-state index contributed by atoms with van der Waals surface area (Å²) in [6, 6.07) is 10.8. The van der Waals surface area contributed by atoms with Crippen molar-refractivity contribution in [3.63, 3.8) is 0 Å². The van der Waals surface area contributed by atoms with Crippen LogP contribution in [0.2, 0.25) is 0 Å². The number of amides is 4. The van der Waals surface area contributed by atoms with Crippen molar-refractivity contribution in [2.75, 3.05) is 44.6 Å². The smallest absolute Gasteiger partial charge is 0.410 e. The Balaban J connectivity index is 1.20. The topological polar surface area (TPSA) is 164 Å². The number of nitrogens with one attached hydrogen (secondary N) is 1. The number of carbonyl (C=O) groups excluding carboxylic acids is 3. The summed E-state index contributed by atoms with van der Waals surface area (Å²) in [5.41, 5.74) is 2.51. The number of benzene rings is 2. The number of urea groups is 1. The number of fused-ring (bicyclic) bond motifs is 1. The third kappa shape index (κ3) is 10.0. The second kappa shape index (κ2) is 17.1. The maximum absolute atomic E-state index is 13.4. The molecule has 0 aliphatic carbocycles. The molecule has 0 bridgehead atoms. The Kier molecular flexibility index (Phi) is 12.7. The fraction of sp³-hybridized carbons (Fsp3) is 0.471. The highest BCUT2D eigenvalue weighted by atomic mass is 79.9. The number of ether oxygens (including phenoxy) is 1. The van der Waals surface area contributed by atoms with E-state index in [1.165, 1.54) is 4.90 Å². The number of aromatic hydroxyl groups is 1. The van der Waals surface area contributed by atoms with Gasteiger partial charge in [-0.25, -0.2) is 14.6 Å². The lowest BCUT2D eigenvalue weighted by molar-refractivity contribution is -0.137. The molecule has 3 N–H and O–H groups in total. The minimum absolute atomic E-state index is 0.00153. The zero-order valence-corrected chi connectivity index (χ0v) is 30.0. The van der Waals surface area contributed by atoms with Crippen molar-refractivity contribution in [3.8, 4) is 5.75 Å². The molecule has 2 aromatic rings. The normalized spacial score (nSPS) is 17.9. The summed E-state index contributed by atoms with van der Waals surface area (Å²) in [5.74, 6) is 3.49. The van der Waals surface area contributed by atoms with Gasteiger partial charge in [-0.15, -0.1) is 0 Å². The van der Waals surface area contributed by atoms with Gasteiger partial charge in [-0.05, 0) is 93.3 Å². The van der Waals surface area contributed by atoms with Gasteiger partial charge in [0.2, 0.25) is 0 Å². The molecular formula is C34H38Br2N6O7. The lowest BCUT2D eigenvalue weighted by Crippen LogP contribution is -2.50. The number of anilines is 1. The molecule has 3 aliphatic heterocycles. The van der Waals surface area contributed by atoms with E-state index in [1.54, 1.807) is 12.1 Å². The van der Waals surface area contributed by atoms with Gasteiger partial charge in [0.15, 0.2) is 6.10 Å². The summed E-state index contributed by atoms with van der Waals surface area (Å²) in [6.07, 6.45) is 1.44. The second-order valence-corrected chi connectivity index (χ2v) is 14.0. The summed E-state index contributed by atoms with van der Waals surface area (Å²) in [5, 5.41) is 22.0. The fourth-order valence-electron chi connectivity index (χ4n) is 6.22. The number of likely N-dealkylation sites (tertiary alicyclic amines) is 2. The molecule has 1 atom stereocenters. The van der Waals surface area contributed by atoms with Crippen LogP contribution in [0, 0.1) is 0 Å². The van der Waals surface area contributed by atoms with Gasteiger partial charge in [0.25, 0.3) is 5.91 Å². The van der Waals surface area contributed by atoms with Gasteiger partial charge in [-0.2, -0.15) is 4.99 Å². The molecule has 15 heteroatoms. The third-order valence-corrected chi connectivity index (χ3v) is 10.2. The summed E-state index contributed by atoms with van der Waals surface area (Å²) in [7, 11) is 0. The minimum Gasteiger partial charge on any atom is -0.506 e.